The van der Waals surface area contributed by atoms with Crippen molar-refractivity contribution < 1.29 is 10.2 Å². The maximum absolute atomic E-state index is 12.0. The van der Waals surface area contributed by atoms with E-state index in [9.17, 15) is 10.2 Å². The highest BCUT2D eigenvalue weighted by Crippen LogP contribution is 2.67. The zero-order valence-corrected chi connectivity index (χ0v) is 13.8. The highest BCUT2D eigenvalue weighted by Gasteiger charge is 2.65. The van der Waals surface area contributed by atoms with Gasteiger partial charge < -0.3 is 10.2 Å². The van der Waals surface area contributed by atoms with Crippen LogP contribution in [0.2, 0.25) is 0 Å². The van der Waals surface area contributed by atoms with Crippen LogP contribution in [0.25, 0.3) is 0 Å². The summed E-state index contributed by atoms with van der Waals surface area (Å²) in [5.41, 5.74) is 0.900. The van der Waals surface area contributed by atoms with E-state index in [-0.39, 0.29) is 17.9 Å². The van der Waals surface area contributed by atoms with Gasteiger partial charge in [0.25, 0.3) is 0 Å². The van der Waals surface area contributed by atoms with Crippen LogP contribution in [0.5, 0.6) is 0 Å². The van der Waals surface area contributed by atoms with Crippen LogP contribution in [-0.2, 0) is 5.60 Å². The molecule has 0 aromatic heterocycles. The maximum Gasteiger partial charge on any atom is 0.118 e. The topological polar surface area (TPSA) is 40.5 Å². The molecule has 0 amide bonds. The van der Waals surface area contributed by atoms with Crippen molar-refractivity contribution in [3.05, 3.63) is 71.8 Å². The molecule has 2 aromatic rings. The minimum Gasteiger partial charge on any atom is -0.393 e. The van der Waals surface area contributed by atoms with Crippen molar-refractivity contribution >= 4 is 0 Å². The van der Waals surface area contributed by atoms with Crippen LogP contribution in [0, 0.1) is 29.6 Å². The van der Waals surface area contributed by atoms with Crippen LogP contribution in [0.4, 0.5) is 0 Å². The van der Waals surface area contributed by atoms with Gasteiger partial charge in [-0.25, -0.2) is 0 Å². The molecule has 0 aliphatic heterocycles. The number of aliphatic hydroxyl groups is 2. The third kappa shape index (κ3) is 1.79. The summed E-state index contributed by atoms with van der Waals surface area (Å²) < 4.78 is 0. The van der Waals surface area contributed by atoms with Gasteiger partial charge >= 0.3 is 0 Å². The Morgan fingerprint density at radius 1 is 0.750 bits per heavy atom. The molecule has 24 heavy (non-hydrogen) atoms. The van der Waals surface area contributed by atoms with Gasteiger partial charge in [-0.15, -0.1) is 0 Å². The monoisotopic (exact) mass is 320 g/mol. The average molecular weight is 320 g/mol. The standard InChI is InChI=1S/C22H24O2/c23-21-17-12-11-16-18(17)13-19(20(16)21)22(24,14-7-3-1-4-8-14)15-9-5-2-6-10-15/h1-10,16-21,23-24H,11-13H2/t16-,17-,18-,19-,20+,21-/m1/s1. The van der Waals surface area contributed by atoms with Gasteiger partial charge in [-0.3, -0.25) is 0 Å². The van der Waals surface area contributed by atoms with Gasteiger partial charge in [-0.05, 0) is 54.1 Å². The van der Waals surface area contributed by atoms with E-state index in [0.717, 1.165) is 17.5 Å². The lowest BCUT2D eigenvalue weighted by Crippen LogP contribution is -2.46. The Morgan fingerprint density at radius 3 is 1.79 bits per heavy atom. The Labute approximate surface area is 143 Å². The van der Waals surface area contributed by atoms with E-state index < -0.39 is 5.60 Å². The number of hydrogen-bond donors (Lipinski definition) is 2. The molecule has 3 aliphatic carbocycles. The van der Waals surface area contributed by atoms with Crippen LogP contribution >= 0.6 is 0 Å². The number of rotatable bonds is 3. The van der Waals surface area contributed by atoms with Gasteiger partial charge in [0.15, 0.2) is 0 Å². The number of hydrogen-bond acceptors (Lipinski definition) is 2. The third-order valence-corrected chi connectivity index (χ3v) is 7.22. The fourth-order valence-electron chi connectivity index (χ4n) is 6.34. The van der Waals surface area contributed by atoms with Gasteiger partial charge in [-0.2, -0.15) is 0 Å². The summed E-state index contributed by atoms with van der Waals surface area (Å²) in [6, 6.07) is 20.1. The summed E-state index contributed by atoms with van der Waals surface area (Å²) in [6.07, 6.45) is 3.21. The molecule has 3 fully saturated rings. The molecule has 2 heteroatoms. The molecule has 2 nitrogen and oxygen atoms in total. The zero-order valence-electron chi connectivity index (χ0n) is 13.8. The van der Waals surface area contributed by atoms with E-state index in [4.69, 9.17) is 0 Å². The highest BCUT2D eigenvalue weighted by atomic mass is 16.3. The number of benzene rings is 2. The van der Waals surface area contributed by atoms with Crippen molar-refractivity contribution in [2.75, 3.05) is 0 Å². The predicted octanol–water partition coefficient (Wildman–Crippen LogP) is 3.58. The summed E-state index contributed by atoms with van der Waals surface area (Å²) in [7, 11) is 0. The van der Waals surface area contributed by atoms with E-state index in [2.05, 4.69) is 0 Å². The van der Waals surface area contributed by atoms with Crippen LogP contribution in [0.3, 0.4) is 0 Å². The minimum absolute atomic E-state index is 0.101. The molecule has 0 unspecified atom stereocenters. The molecule has 0 saturated heterocycles. The molecule has 3 saturated carbocycles. The first-order valence-corrected chi connectivity index (χ1v) is 9.22. The van der Waals surface area contributed by atoms with Crippen molar-refractivity contribution in [3.63, 3.8) is 0 Å². The van der Waals surface area contributed by atoms with Crippen molar-refractivity contribution in [1.82, 2.24) is 0 Å². The Morgan fingerprint density at radius 2 is 1.29 bits per heavy atom. The Bertz CT molecular complexity index is 687. The van der Waals surface area contributed by atoms with Crippen LogP contribution < -0.4 is 0 Å². The molecule has 2 N–H and O–H groups in total. The number of aliphatic hydroxyl groups excluding tert-OH is 1. The first-order valence-electron chi connectivity index (χ1n) is 9.22. The second-order valence-corrected chi connectivity index (χ2v) is 7.98. The lowest BCUT2D eigenvalue weighted by atomic mass is 9.65. The van der Waals surface area contributed by atoms with Gasteiger partial charge in [0.1, 0.15) is 5.60 Å². The molecule has 4 bridgehead atoms. The first kappa shape index (κ1) is 14.7. The lowest BCUT2D eigenvalue weighted by molar-refractivity contribution is -0.0722. The van der Waals surface area contributed by atoms with Crippen LogP contribution in [0.1, 0.15) is 30.4 Å². The van der Waals surface area contributed by atoms with E-state index in [1.165, 1.54) is 12.8 Å². The summed E-state index contributed by atoms with van der Waals surface area (Å²) in [5, 5.41) is 22.8. The first-order chi connectivity index (χ1) is 11.7. The fourth-order valence-corrected chi connectivity index (χ4v) is 6.34. The molecule has 6 atom stereocenters. The van der Waals surface area contributed by atoms with Crippen molar-refractivity contribution in [2.24, 2.45) is 29.6 Å². The Kier molecular flexibility index (Phi) is 3.17. The van der Waals surface area contributed by atoms with Crippen molar-refractivity contribution in [2.45, 2.75) is 31.0 Å². The normalized spacial score (nSPS) is 37.1. The van der Waals surface area contributed by atoms with Gasteiger partial charge in [-0.1, -0.05) is 60.7 Å². The molecule has 0 spiro atoms. The molecule has 0 heterocycles. The van der Waals surface area contributed by atoms with E-state index in [1.54, 1.807) is 0 Å². The van der Waals surface area contributed by atoms with Gasteiger partial charge in [0.05, 0.1) is 6.10 Å². The Balaban J connectivity index is 1.64. The fraction of sp³-hybridized carbons (Fsp3) is 0.455. The lowest BCUT2D eigenvalue weighted by Gasteiger charge is -2.44. The zero-order chi connectivity index (χ0) is 16.3. The predicted molar refractivity (Wildman–Crippen MR) is 93.2 cm³/mol. The third-order valence-electron chi connectivity index (χ3n) is 7.22. The van der Waals surface area contributed by atoms with Crippen LogP contribution in [0.15, 0.2) is 60.7 Å². The maximum atomic E-state index is 12.0. The van der Waals surface area contributed by atoms with Gasteiger partial charge in [0, 0.05) is 5.92 Å². The summed E-state index contributed by atoms with van der Waals surface area (Å²) in [5.74, 6) is 2.03. The molecule has 2 aromatic carbocycles. The molecule has 3 aliphatic rings. The highest BCUT2D eigenvalue weighted by molar-refractivity contribution is 5.38. The second kappa shape index (κ2) is 5.18. The molecular formula is C22H24O2. The average Bonchev–Trinajstić information content (AvgIpc) is 3.28. The minimum atomic E-state index is -1.01. The van der Waals surface area contributed by atoms with Gasteiger partial charge in [0.2, 0.25) is 0 Å². The molecule has 5 rings (SSSR count). The SMILES string of the molecule is O[C@@H]1[C@@H]2CC[C@@H]3[C@H]2C[C@@H](C(O)(c2ccccc2)c2ccccc2)[C@@H]13. The quantitative estimate of drug-likeness (QED) is 0.907. The summed E-state index contributed by atoms with van der Waals surface area (Å²) in [4.78, 5) is 0. The summed E-state index contributed by atoms with van der Waals surface area (Å²) >= 11 is 0. The molecule has 0 radical (unpaired) electrons. The van der Waals surface area contributed by atoms with Crippen molar-refractivity contribution in [3.8, 4) is 0 Å². The Hall–Kier alpha value is -1.64. The van der Waals surface area contributed by atoms with E-state index >= 15 is 0 Å². The molecular weight excluding hydrogens is 296 g/mol. The van der Waals surface area contributed by atoms with Crippen molar-refractivity contribution in [1.29, 1.82) is 0 Å². The van der Waals surface area contributed by atoms with E-state index in [0.29, 0.717) is 17.8 Å². The molecule has 124 valence electrons. The summed E-state index contributed by atoms with van der Waals surface area (Å²) in [6.45, 7) is 0. The largest absolute Gasteiger partial charge is 0.393 e. The van der Waals surface area contributed by atoms with Crippen LogP contribution in [-0.4, -0.2) is 16.3 Å². The second-order valence-electron chi connectivity index (χ2n) is 7.98. The smallest absolute Gasteiger partial charge is 0.118 e. The van der Waals surface area contributed by atoms with E-state index in [1.807, 2.05) is 60.7 Å².